The lowest BCUT2D eigenvalue weighted by atomic mass is 10.00. The summed E-state index contributed by atoms with van der Waals surface area (Å²) >= 11 is 0. The summed E-state index contributed by atoms with van der Waals surface area (Å²) in [6, 6.07) is 0.336. The minimum absolute atomic E-state index is 0.215. The number of nitrogens with one attached hydrogen (secondary N) is 1. The largest absolute Gasteiger partial charge is 0.353 e. The van der Waals surface area contributed by atoms with Gasteiger partial charge in [0, 0.05) is 12.5 Å². The van der Waals surface area contributed by atoms with Gasteiger partial charge < -0.3 is 5.32 Å². The van der Waals surface area contributed by atoms with Gasteiger partial charge in [0.25, 0.3) is 0 Å². The van der Waals surface area contributed by atoms with Crippen molar-refractivity contribution in [3.63, 3.8) is 0 Å². The van der Waals surface area contributed by atoms with E-state index < -0.39 is 0 Å². The number of carbonyl (C=O) groups excluding carboxylic acids is 1. The van der Waals surface area contributed by atoms with Crippen LogP contribution in [0.25, 0.3) is 0 Å². The lowest BCUT2D eigenvalue weighted by Crippen LogP contribution is -2.38. The Labute approximate surface area is 93.1 Å². The van der Waals surface area contributed by atoms with Crippen molar-refractivity contribution in [1.29, 1.82) is 0 Å². The molecular formula is C13H23NO. The van der Waals surface area contributed by atoms with E-state index in [0.717, 1.165) is 19.3 Å². The molecule has 0 heterocycles. The zero-order valence-electron chi connectivity index (χ0n) is 10.1. The molecule has 2 unspecified atom stereocenters. The van der Waals surface area contributed by atoms with Crippen LogP contribution in [0.5, 0.6) is 0 Å². The standard InChI is InChI=1S/C13H23NO/c1-4-12(10(2)3)14-13(15)9-11-7-5-6-8-11/h5,7,10-12H,4,6,8-9H2,1-3H3,(H,14,15). The maximum atomic E-state index is 11.7. The van der Waals surface area contributed by atoms with Crippen LogP contribution in [0.1, 0.15) is 46.5 Å². The Bertz CT molecular complexity index is 233. The zero-order chi connectivity index (χ0) is 11.3. The normalized spacial score (nSPS) is 22.0. The van der Waals surface area contributed by atoms with E-state index >= 15 is 0 Å². The predicted molar refractivity (Wildman–Crippen MR) is 63.5 cm³/mol. The van der Waals surface area contributed by atoms with Crippen LogP contribution in [0.2, 0.25) is 0 Å². The van der Waals surface area contributed by atoms with Crippen LogP contribution in [-0.2, 0) is 4.79 Å². The molecular weight excluding hydrogens is 186 g/mol. The fraction of sp³-hybridized carbons (Fsp3) is 0.769. The van der Waals surface area contributed by atoms with Gasteiger partial charge in [-0.3, -0.25) is 4.79 Å². The minimum atomic E-state index is 0.215. The van der Waals surface area contributed by atoms with E-state index in [0.29, 0.717) is 24.3 Å². The lowest BCUT2D eigenvalue weighted by molar-refractivity contribution is -0.122. The molecule has 0 aliphatic heterocycles. The molecule has 0 saturated heterocycles. The van der Waals surface area contributed by atoms with Gasteiger partial charge >= 0.3 is 0 Å². The van der Waals surface area contributed by atoms with Crippen LogP contribution >= 0.6 is 0 Å². The fourth-order valence-corrected chi connectivity index (χ4v) is 2.11. The van der Waals surface area contributed by atoms with Gasteiger partial charge in [0.05, 0.1) is 0 Å². The number of carbonyl (C=O) groups is 1. The van der Waals surface area contributed by atoms with E-state index in [2.05, 4.69) is 38.2 Å². The Balaban J connectivity index is 2.30. The molecule has 2 nitrogen and oxygen atoms in total. The van der Waals surface area contributed by atoms with E-state index in [4.69, 9.17) is 0 Å². The van der Waals surface area contributed by atoms with E-state index in [1.165, 1.54) is 0 Å². The second-order valence-electron chi connectivity index (χ2n) is 4.80. The van der Waals surface area contributed by atoms with Crippen molar-refractivity contribution in [1.82, 2.24) is 5.32 Å². The molecule has 86 valence electrons. The highest BCUT2D eigenvalue weighted by atomic mass is 16.1. The van der Waals surface area contributed by atoms with Gasteiger partial charge in [0.1, 0.15) is 0 Å². The van der Waals surface area contributed by atoms with Crippen molar-refractivity contribution in [2.45, 2.75) is 52.5 Å². The molecule has 0 aromatic heterocycles. The van der Waals surface area contributed by atoms with Crippen LogP contribution in [-0.4, -0.2) is 11.9 Å². The van der Waals surface area contributed by atoms with Crippen LogP contribution in [0.15, 0.2) is 12.2 Å². The summed E-state index contributed by atoms with van der Waals surface area (Å²) in [4.78, 5) is 11.7. The summed E-state index contributed by atoms with van der Waals surface area (Å²) in [5.41, 5.74) is 0. The second kappa shape index (κ2) is 5.94. The smallest absolute Gasteiger partial charge is 0.220 e. The summed E-state index contributed by atoms with van der Waals surface area (Å²) < 4.78 is 0. The molecule has 0 aromatic rings. The van der Waals surface area contributed by atoms with E-state index in [-0.39, 0.29) is 5.91 Å². The molecule has 1 aliphatic carbocycles. The highest BCUT2D eigenvalue weighted by Crippen LogP contribution is 2.20. The van der Waals surface area contributed by atoms with Crippen molar-refractivity contribution in [3.05, 3.63) is 12.2 Å². The van der Waals surface area contributed by atoms with Gasteiger partial charge in [0.15, 0.2) is 0 Å². The first-order valence-electron chi connectivity index (χ1n) is 6.09. The van der Waals surface area contributed by atoms with Gasteiger partial charge in [-0.05, 0) is 31.1 Å². The zero-order valence-corrected chi connectivity index (χ0v) is 10.1. The molecule has 1 aliphatic rings. The molecule has 0 radical (unpaired) electrons. The Morgan fingerprint density at radius 2 is 2.27 bits per heavy atom. The molecule has 0 aromatic carbocycles. The summed E-state index contributed by atoms with van der Waals surface area (Å²) in [5.74, 6) is 1.22. The van der Waals surface area contributed by atoms with Crippen molar-refractivity contribution < 1.29 is 4.79 Å². The third kappa shape index (κ3) is 4.06. The van der Waals surface area contributed by atoms with Gasteiger partial charge in [-0.15, -0.1) is 0 Å². The van der Waals surface area contributed by atoms with Crippen LogP contribution in [0.4, 0.5) is 0 Å². The summed E-state index contributed by atoms with van der Waals surface area (Å²) in [7, 11) is 0. The first kappa shape index (κ1) is 12.3. The number of allylic oxidation sites excluding steroid dienone is 2. The fourth-order valence-electron chi connectivity index (χ4n) is 2.11. The highest BCUT2D eigenvalue weighted by Gasteiger charge is 2.17. The molecule has 2 heteroatoms. The number of hydrogen-bond donors (Lipinski definition) is 1. The average Bonchev–Trinajstić information content (AvgIpc) is 2.66. The molecule has 0 saturated carbocycles. The van der Waals surface area contributed by atoms with Crippen molar-refractivity contribution >= 4 is 5.91 Å². The average molecular weight is 209 g/mol. The Morgan fingerprint density at radius 3 is 2.73 bits per heavy atom. The van der Waals surface area contributed by atoms with Gasteiger partial charge in [-0.25, -0.2) is 0 Å². The highest BCUT2D eigenvalue weighted by molar-refractivity contribution is 5.76. The minimum Gasteiger partial charge on any atom is -0.353 e. The van der Waals surface area contributed by atoms with E-state index in [1.54, 1.807) is 0 Å². The van der Waals surface area contributed by atoms with E-state index in [9.17, 15) is 4.79 Å². The Kier molecular flexibility index (Phi) is 4.86. The van der Waals surface area contributed by atoms with Crippen LogP contribution in [0.3, 0.4) is 0 Å². The maximum Gasteiger partial charge on any atom is 0.220 e. The van der Waals surface area contributed by atoms with Gasteiger partial charge in [-0.2, -0.15) is 0 Å². The topological polar surface area (TPSA) is 29.1 Å². The van der Waals surface area contributed by atoms with Crippen molar-refractivity contribution in [2.75, 3.05) is 0 Å². The number of amides is 1. The summed E-state index contributed by atoms with van der Waals surface area (Å²) in [5, 5.41) is 3.12. The Morgan fingerprint density at radius 1 is 1.53 bits per heavy atom. The maximum absolute atomic E-state index is 11.7. The predicted octanol–water partition coefficient (Wildman–Crippen LogP) is 2.89. The number of rotatable bonds is 5. The van der Waals surface area contributed by atoms with Crippen molar-refractivity contribution in [3.8, 4) is 0 Å². The molecule has 0 spiro atoms. The quantitative estimate of drug-likeness (QED) is 0.693. The molecule has 1 rings (SSSR count). The van der Waals surface area contributed by atoms with Crippen LogP contribution in [0, 0.1) is 11.8 Å². The SMILES string of the molecule is CCC(NC(=O)CC1C=CCC1)C(C)C. The first-order valence-corrected chi connectivity index (χ1v) is 6.09. The summed E-state index contributed by atoms with van der Waals surface area (Å²) in [6.45, 7) is 6.44. The lowest BCUT2D eigenvalue weighted by Gasteiger charge is -2.21. The molecule has 0 fully saturated rings. The number of hydrogen-bond acceptors (Lipinski definition) is 1. The third-order valence-corrected chi connectivity index (χ3v) is 3.15. The Hall–Kier alpha value is -0.790. The molecule has 1 N–H and O–H groups in total. The van der Waals surface area contributed by atoms with Gasteiger partial charge in [0.2, 0.25) is 5.91 Å². The molecule has 0 bridgehead atoms. The van der Waals surface area contributed by atoms with Crippen molar-refractivity contribution in [2.24, 2.45) is 11.8 Å². The van der Waals surface area contributed by atoms with Gasteiger partial charge in [-0.1, -0.05) is 32.9 Å². The monoisotopic (exact) mass is 209 g/mol. The third-order valence-electron chi connectivity index (χ3n) is 3.15. The van der Waals surface area contributed by atoms with E-state index in [1.807, 2.05) is 0 Å². The first-order chi connectivity index (χ1) is 7.13. The van der Waals surface area contributed by atoms with Crippen LogP contribution < -0.4 is 5.32 Å². The molecule has 2 atom stereocenters. The summed E-state index contributed by atoms with van der Waals surface area (Å²) in [6.07, 6.45) is 8.32. The second-order valence-corrected chi connectivity index (χ2v) is 4.80. The molecule has 1 amide bonds. The molecule has 15 heavy (non-hydrogen) atoms.